The monoisotopic (exact) mass is 651 g/mol. The number of ether oxygens (including phenoxy) is 1. The van der Waals surface area contributed by atoms with Gasteiger partial charge in [-0.25, -0.2) is 4.79 Å². The van der Waals surface area contributed by atoms with Crippen molar-refractivity contribution in [2.24, 2.45) is 34.5 Å². The molecule has 0 radical (unpaired) electrons. The predicted molar refractivity (Wildman–Crippen MR) is 168 cm³/mol. The molecule has 6 fully saturated rings. The van der Waals surface area contributed by atoms with Crippen molar-refractivity contribution in [1.29, 1.82) is 0 Å². The quantitative estimate of drug-likeness (QED) is 0.176. The van der Waals surface area contributed by atoms with E-state index in [2.05, 4.69) is 5.32 Å². The Morgan fingerprint density at radius 2 is 1.79 bits per heavy atom. The van der Waals surface area contributed by atoms with Crippen LogP contribution in [0.4, 0.5) is 0 Å². The highest BCUT2D eigenvalue weighted by Crippen LogP contribution is 2.77. The van der Waals surface area contributed by atoms with Gasteiger partial charge in [-0.2, -0.15) is 0 Å². The first-order chi connectivity index (χ1) is 22.4. The molecule has 1 spiro atoms. The lowest BCUT2D eigenvalue weighted by Gasteiger charge is -2.70. The third-order valence-electron chi connectivity index (χ3n) is 15.0. The zero-order valence-corrected chi connectivity index (χ0v) is 27.1. The van der Waals surface area contributed by atoms with E-state index in [1.165, 1.54) is 0 Å². The Hall–Kier alpha value is -2.18. The number of benzene rings is 1. The van der Waals surface area contributed by atoms with Crippen molar-refractivity contribution < 1.29 is 45.0 Å². The topological polar surface area (TPSA) is 177 Å². The van der Waals surface area contributed by atoms with Crippen LogP contribution in [0, 0.1) is 34.5 Å². The number of carbonyl (C=O) groups is 2. The number of carbonyl (C=O) groups excluding carboxylic acids is 2. The van der Waals surface area contributed by atoms with Crippen molar-refractivity contribution in [2.75, 3.05) is 7.05 Å². The summed E-state index contributed by atoms with van der Waals surface area (Å²) in [6, 6.07) is 7.66. The summed E-state index contributed by atoms with van der Waals surface area (Å²) in [6.45, 7) is -0.0821. The normalized spacial score (nSPS) is 50.2. The van der Waals surface area contributed by atoms with Crippen molar-refractivity contribution in [3.8, 4) is 0 Å². The Balaban J connectivity index is 1.24. The lowest BCUT2D eigenvalue weighted by molar-refractivity contribution is -0.349. The number of aldehydes is 1. The zero-order chi connectivity index (χ0) is 33.2. The van der Waals surface area contributed by atoms with Crippen LogP contribution < -0.4 is 5.32 Å². The van der Waals surface area contributed by atoms with Crippen molar-refractivity contribution >= 4 is 12.3 Å². The van der Waals surface area contributed by atoms with E-state index in [-0.39, 0.29) is 62.1 Å². The number of esters is 1. The Kier molecular flexibility index (Phi) is 7.10. The third kappa shape index (κ3) is 3.76. The molecule has 2 bridgehead atoms. The SMILES string of the molecule is CN[C@H](Cc1ccccc1CO)[C@@H]1C[C@@H]2C[C@]3(O)[C@@]4(CCC[C@@]15OC(=O)C=C5[C@@H]24)CC[C@@H]1[C@@]3(O)[C@H](O)C[C@@]2(O)C[C@@H](O)CC[C@]12C=O. The van der Waals surface area contributed by atoms with Gasteiger partial charge in [-0.3, -0.25) is 0 Å². The summed E-state index contributed by atoms with van der Waals surface area (Å²) in [5.41, 5.74) is -5.96. The first-order valence-electron chi connectivity index (χ1n) is 17.7. The fourth-order valence-corrected chi connectivity index (χ4v) is 13.3. The Bertz CT molecular complexity index is 1520. The van der Waals surface area contributed by atoms with Crippen LogP contribution >= 0.6 is 0 Å². The van der Waals surface area contributed by atoms with E-state index in [0.29, 0.717) is 51.4 Å². The molecule has 7 aliphatic rings. The maximum atomic E-state index is 13.3. The van der Waals surface area contributed by atoms with E-state index < -0.39 is 51.4 Å². The second-order valence-electron chi connectivity index (χ2n) is 16.3. The molecule has 1 heterocycles. The van der Waals surface area contributed by atoms with Crippen molar-refractivity contribution in [3.63, 3.8) is 0 Å². The highest BCUT2D eigenvalue weighted by molar-refractivity contribution is 5.87. The number of hydrogen-bond acceptors (Lipinski definition) is 10. The number of hydrogen-bond donors (Lipinski definition) is 7. The Morgan fingerprint density at radius 1 is 1.02 bits per heavy atom. The lowest BCUT2D eigenvalue weighted by Crippen LogP contribution is -2.81. The van der Waals surface area contributed by atoms with Crippen LogP contribution in [0.5, 0.6) is 0 Å². The number of rotatable bonds is 6. The minimum Gasteiger partial charge on any atom is -0.451 e. The van der Waals surface area contributed by atoms with Gasteiger partial charge in [-0.05, 0) is 99.8 Å². The average Bonchev–Trinajstić information content (AvgIpc) is 3.48. The number of fused-ring (bicyclic) bond motifs is 4. The molecule has 47 heavy (non-hydrogen) atoms. The summed E-state index contributed by atoms with van der Waals surface area (Å²) in [5, 5.41) is 74.3. The van der Waals surface area contributed by atoms with Gasteiger partial charge in [0.05, 0.1) is 29.8 Å². The van der Waals surface area contributed by atoms with Gasteiger partial charge in [0.1, 0.15) is 23.1 Å². The number of aliphatic hydroxyl groups excluding tert-OH is 3. The summed E-state index contributed by atoms with van der Waals surface area (Å²) in [4.78, 5) is 26.4. The van der Waals surface area contributed by atoms with Crippen LogP contribution in [-0.2, 0) is 27.4 Å². The molecule has 7 N–H and O–H groups in total. The minimum absolute atomic E-state index is 0.0639. The average molecular weight is 652 g/mol. The van der Waals surface area contributed by atoms with Gasteiger partial charge in [0.15, 0.2) is 0 Å². The van der Waals surface area contributed by atoms with E-state index >= 15 is 0 Å². The largest absolute Gasteiger partial charge is 0.451 e. The van der Waals surface area contributed by atoms with Gasteiger partial charge in [-0.1, -0.05) is 24.3 Å². The molecule has 0 saturated heterocycles. The molecule has 0 unspecified atom stereocenters. The Labute approximate surface area is 275 Å². The standard InChI is InChI=1S/C37H49NO9/c1-38-27(14-21-5-2-3-6-22(21)19-39)25-13-23-16-36(45)32(9-4-10-35(25)26(31(23)32)15-30(43)47-35)12-8-28-33(20-40)11-7-24(41)17-34(33,44)18-29(42)37(28,36)46/h2-3,5-6,15,20,23-25,27-29,31,38-39,41-42,44-46H,4,7-14,16-19H2,1H3/t23-,24+,25+,27-,28+,29-,31-,32+,33+,34+,35-,36+,37-/m1/s1. The van der Waals surface area contributed by atoms with Crippen molar-refractivity contribution in [1.82, 2.24) is 5.32 Å². The molecule has 1 aromatic rings. The van der Waals surface area contributed by atoms with Gasteiger partial charge in [-0.15, -0.1) is 0 Å². The first kappa shape index (κ1) is 32.0. The molecule has 13 atom stereocenters. The van der Waals surface area contributed by atoms with Gasteiger partial charge in [0.25, 0.3) is 0 Å². The summed E-state index contributed by atoms with van der Waals surface area (Å²) < 4.78 is 6.39. The molecule has 8 rings (SSSR count). The van der Waals surface area contributed by atoms with Gasteiger partial charge in [0, 0.05) is 42.2 Å². The molecule has 1 aliphatic heterocycles. The molecular weight excluding hydrogens is 602 g/mol. The number of likely N-dealkylation sites (N-methyl/N-ethyl adjacent to an activating group) is 1. The molecule has 256 valence electrons. The fraction of sp³-hybridized carbons (Fsp3) is 0.730. The molecule has 0 amide bonds. The van der Waals surface area contributed by atoms with Gasteiger partial charge in [0.2, 0.25) is 0 Å². The summed E-state index contributed by atoms with van der Waals surface area (Å²) in [5.74, 6) is -1.82. The van der Waals surface area contributed by atoms with Crippen molar-refractivity contribution in [3.05, 3.63) is 47.0 Å². The lowest BCUT2D eigenvalue weighted by atomic mass is 9.38. The maximum Gasteiger partial charge on any atom is 0.331 e. The van der Waals surface area contributed by atoms with E-state index in [0.717, 1.165) is 23.0 Å². The van der Waals surface area contributed by atoms with Crippen molar-refractivity contribution in [2.45, 2.75) is 124 Å². The highest BCUT2D eigenvalue weighted by Gasteiger charge is 2.83. The van der Waals surface area contributed by atoms with Crippen LogP contribution in [0.15, 0.2) is 35.9 Å². The smallest absolute Gasteiger partial charge is 0.331 e. The minimum atomic E-state index is -2.08. The van der Waals surface area contributed by atoms with E-state index in [1.54, 1.807) is 6.08 Å². The second-order valence-corrected chi connectivity index (χ2v) is 16.3. The molecular formula is C37H49NO9. The van der Waals surface area contributed by atoms with Crippen LogP contribution in [0.1, 0.15) is 81.8 Å². The Morgan fingerprint density at radius 3 is 2.51 bits per heavy atom. The molecule has 1 aromatic carbocycles. The molecule has 10 heteroatoms. The maximum absolute atomic E-state index is 13.3. The van der Waals surface area contributed by atoms with Crippen LogP contribution in [0.25, 0.3) is 0 Å². The fourth-order valence-electron chi connectivity index (χ4n) is 13.3. The highest BCUT2D eigenvalue weighted by atomic mass is 16.6. The zero-order valence-electron chi connectivity index (χ0n) is 27.1. The van der Waals surface area contributed by atoms with Gasteiger partial charge >= 0.3 is 5.97 Å². The van der Waals surface area contributed by atoms with Gasteiger partial charge < -0.3 is 45.5 Å². The van der Waals surface area contributed by atoms with Crippen LogP contribution in [0.2, 0.25) is 0 Å². The number of aliphatic hydroxyl groups is 6. The first-order valence-corrected chi connectivity index (χ1v) is 17.7. The third-order valence-corrected chi connectivity index (χ3v) is 15.0. The van der Waals surface area contributed by atoms with E-state index in [4.69, 9.17) is 4.74 Å². The molecule has 6 aliphatic carbocycles. The second kappa shape index (κ2) is 10.4. The molecule has 6 saturated carbocycles. The molecule has 10 nitrogen and oxygen atoms in total. The number of nitrogens with one attached hydrogen (secondary N) is 1. The van der Waals surface area contributed by atoms with E-state index in [9.17, 15) is 40.2 Å². The van der Waals surface area contributed by atoms with Crippen LogP contribution in [0.3, 0.4) is 0 Å². The van der Waals surface area contributed by atoms with E-state index in [1.807, 2.05) is 31.3 Å². The summed E-state index contributed by atoms with van der Waals surface area (Å²) in [7, 11) is 1.90. The molecule has 0 aromatic heterocycles. The van der Waals surface area contributed by atoms with Crippen LogP contribution in [-0.4, -0.2) is 90.6 Å². The summed E-state index contributed by atoms with van der Waals surface area (Å²) >= 11 is 0. The summed E-state index contributed by atoms with van der Waals surface area (Å²) in [6.07, 6.45) is 4.15. The predicted octanol–water partition coefficient (Wildman–Crippen LogP) is 1.46.